The number of imidazole rings is 1. The van der Waals surface area contributed by atoms with Crippen LogP contribution >= 0.6 is 0 Å². The van der Waals surface area contributed by atoms with Crippen molar-refractivity contribution < 1.29 is 23.7 Å². The number of carbonyl (C=O) groups is 2. The van der Waals surface area contributed by atoms with Crippen LogP contribution in [-0.2, 0) is 17.9 Å². The molecule has 0 saturated carbocycles. The monoisotopic (exact) mass is 586 g/mol. The molecule has 42 heavy (non-hydrogen) atoms. The number of fused-ring (bicyclic) bond motifs is 3. The van der Waals surface area contributed by atoms with E-state index < -0.39 is 13.0 Å². The van der Waals surface area contributed by atoms with E-state index in [0.29, 0.717) is 42.1 Å². The van der Waals surface area contributed by atoms with E-state index in [-0.39, 0.29) is 35.7 Å². The Bertz CT molecular complexity index is 1670. The molecule has 218 valence electrons. The Morgan fingerprint density at radius 1 is 1.10 bits per heavy atom. The van der Waals surface area contributed by atoms with Crippen molar-refractivity contribution in [3.8, 4) is 11.3 Å². The minimum absolute atomic E-state index is 0.0802. The maximum absolute atomic E-state index is 13.7. The van der Waals surface area contributed by atoms with Crippen molar-refractivity contribution in [3.63, 3.8) is 0 Å². The van der Waals surface area contributed by atoms with Gasteiger partial charge < -0.3 is 18.6 Å². The summed E-state index contributed by atoms with van der Waals surface area (Å²) < 4.78 is 14.0. The minimum atomic E-state index is -1.25. The summed E-state index contributed by atoms with van der Waals surface area (Å²) in [4.78, 5) is 44.0. The van der Waals surface area contributed by atoms with Crippen LogP contribution in [0.5, 0.6) is 0 Å². The van der Waals surface area contributed by atoms with Gasteiger partial charge in [0, 0.05) is 55.7 Å². The third-order valence-electron chi connectivity index (χ3n) is 7.52. The molecule has 4 aromatic rings. The van der Waals surface area contributed by atoms with Crippen molar-refractivity contribution in [3.05, 3.63) is 98.8 Å². The lowest BCUT2D eigenvalue weighted by molar-refractivity contribution is -0.384. The number of hydrogen-bond acceptors (Lipinski definition) is 7. The number of anilines is 1. The van der Waals surface area contributed by atoms with Crippen molar-refractivity contribution in [1.82, 2.24) is 9.55 Å². The molecule has 1 amide bonds. The molecular weight excluding hydrogens is 552 g/mol. The highest BCUT2D eigenvalue weighted by atomic mass is 28.3. The fourth-order valence-corrected chi connectivity index (χ4v) is 5.69. The average molecular weight is 587 g/mol. The van der Waals surface area contributed by atoms with Gasteiger partial charge in [-0.1, -0.05) is 31.8 Å². The number of ether oxygens (including phenoxy) is 1. The number of rotatable bonds is 9. The van der Waals surface area contributed by atoms with E-state index in [1.165, 1.54) is 24.3 Å². The van der Waals surface area contributed by atoms with Crippen molar-refractivity contribution in [2.24, 2.45) is 0 Å². The van der Waals surface area contributed by atoms with Crippen LogP contribution in [0.3, 0.4) is 0 Å². The van der Waals surface area contributed by atoms with Crippen LogP contribution < -0.4 is 4.90 Å². The van der Waals surface area contributed by atoms with Crippen molar-refractivity contribution in [1.29, 1.82) is 0 Å². The third kappa shape index (κ3) is 5.83. The second-order valence-corrected chi connectivity index (χ2v) is 17.3. The fraction of sp³-hybridized carbons (Fsp3) is 0.323. The van der Waals surface area contributed by atoms with Gasteiger partial charge in [0.15, 0.2) is 11.6 Å². The molecule has 10 nitrogen and oxygen atoms in total. The van der Waals surface area contributed by atoms with E-state index in [4.69, 9.17) is 9.15 Å². The summed E-state index contributed by atoms with van der Waals surface area (Å²) in [6, 6.07) is 15.7. The zero-order valence-electron chi connectivity index (χ0n) is 24.5. The Kier molecular flexibility index (Phi) is 7.98. The van der Waals surface area contributed by atoms with Crippen molar-refractivity contribution >= 4 is 31.1 Å². The molecule has 0 radical (unpaired) electrons. The number of nitrogens with zero attached hydrogens (tertiary/aromatic N) is 4. The van der Waals surface area contributed by atoms with Crippen LogP contribution in [0.25, 0.3) is 11.3 Å². The van der Waals surface area contributed by atoms with E-state index in [1.54, 1.807) is 15.5 Å². The highest BCUT2D eigenvalue weighted by Gasteiger charge is 2.30. The molecule has 0 atom stereocenters. The molecule has 0 spiro atoms. The molecule has 0 aliphatic carbocycles. The predicted octanol–water partition coefficient (Wildman–Crippen LogP) is 6.41. The van der Waals surface area contributed by atoms with Crippen LogP contribution in [0.1, 0.15) is 43.7 Å². The molecule has 5 rings (SSSR count). The maximum atomic E-state index is 13.7. The van der Waals surface area contributed by atoms with Gasteiger partial charge in [-0.05, 0) is 56.6 Å². The summed E-state index contributed by atoms with van der Waals surface area (Å²) in [6.45, 7) is 11.9. The Hall–Kier alpha value is -4.35. The summed E-state index contributed by atoms with van der Waals surface area (Å²) in [5, 5.41) is 11.0. The molecule has 0 saturated heterocycles. The molecule has 3 heterocycles. The standard InChI is InChI=1S/C31H34N4O6Si/c1-20-21(2)34(19-40-16-17-42(3,4)5)30(32-20)28(36)27-18-23-14-15-33(26-9-7-6-8-25(26)29(23)41-27)31(37)22-10-12-24(13-11-22)35(38)39/h6-13,18H,14-17,19H2,1-5H3. The van der Waals surface area contributed by atoms with Crippen LogP contribution in [-0.4, -0.2) is 47.4 Å². The van der Waals surface area contributed by atoms with Crippen molar-refractivity contribution in [2.45, 2.75) is 52.7 Å². The molecule has 2 aromatic carbocycles. The number of para-hydroxylation sites is 1. The Morgan fingerprint density at radius 2 is 1.81 bits per heavy atom. The van der Waals surface area contributed by atoms with Crippen LogP contribution in [0.2, 0.25) is 25.7 Å². The third-order valence-corrected chi connectivity index (χ3v) is 9.23. The van der Waals surface area contributed by atoms with Gasteiger partial charge in [-0.15, -0.1) is 0 Å². The van der Waals surface area contributed by atoms with Crippen LogP contribution in [0.4, 0.5) is 11.4 Å². The molecule has 0 fully saturated rings. The number of benzene rings is 2. The van der Waals surface area contributed by atoms with Gasteiger partial charge in [0.05, 0.1) is 16.3 Å². The second kappa shape index (κ2) is 11.5. The summed E-state index contributed by atoms with van der Waals surface area (Å²) >= 11 is 0. The molecule has 0 bridgehead atoms. The van der Waals surface area contributed by atoms with Gasteiger partial charge in [0.1, 0.15) is 12.5 Å². The molecular formula is C31H34N4O6Si. The number of aryl methyl sites for hydroxylation is 1. The SMILES string of the molecule is Cc1nc(C(=O)c2cc3c(o2)-c2ccccc2N(C(=O)c2ccc([N+](=O)[O-])cc2)CC3)n(COCC[Si](C)(C)C)c1C. The first-order valence-corrected chi connectivity index (χ1v) is 17.6. The van der Waals surface area contributed by atoms with E-state index in [9.17, 15) is 19.7 Å². The Labute approximate surface area is 245 Å². The number of furan rings is 1. The molecule has 2 aromatic heterocycles. The molecule has 1 aliphatic rings. The quantitative estimate of drug-likeness (QED) is 0.0730. The first-order chi connectivity index (χ1) is 19.9. The van der Waals surface area contributed by atoms with E-state index >= 15 is 0 Å². The summed E-state index contributed by atoms with van der Waals surface area (Å²) in [7, 11) is -1.25. The number of nitro benzene ring substituents is 1. The molecule has 11 heteroatoms. The number of ketones is 1. The van der Waals surface area contributed by atoms with Gasteiger partial charge >= 0.3 is 0 Å². The van der Waals surface area contributed by atoms with Crippen molar-refractivity contribution in [2.75, 3.05) is 18.1 Å². The lowest BCUT2D eigenvalue weighted by atomic mass is 10.1. The maximum Gasteiger partial charge on any atom is 0.269 e. The van der Waals surface area contributed by atoms with E-state index in [2.05, 4.69) is 24.6 Å². The number of amides is 1. The Balaban J connectivity index is 1.43. The fourth-order valence-electron chi connectivity index (χ4n) is 4.93. The van der Waals surface area contributed by atoms with Gasteiger partial charge in [-0.25, -0.2) is 4.98 Å². The van der Waals surface area contributed by atoms with Gasteiger partial charge in [-0.2, -0.15) is 0 Å². The number of carbonyl (C=O) groups excluding carboxylic acids is 2. The van der Waals surface area contributed by atoms with Crippen LogP contribution in [0, 0.1) is 24.0 Å². The smallest absolute Gasteiger partial charge is 0.269 e. The normalized spacial score (nSPS) is 12.9. The lowest BCUT2D eigenvalue weighted by Crippen LogP contribution is -2.32. The first-order valence-electron chi connectivity index (χ1n) is 13.9. The highest BCUT2D eigenvalue weighted by Crippen LogP contribution is 2.39. The molecule has 0 N–H and O–H groups in total. The zero-order chi connectivity index (χ0) is 30.2. The van der Waals surface area contributed by atoms with Gasteiger partial charge in [0.25, 0.3) is 17.4 Å². The lowest BCUT2D eigenvalue weighted by Gasteiger charge is -2.23. The number of hydrogen-bond donors (Lipinski definition) is 0. The number of aromatic nitrogens is 2. The summed E-state index contributed by atoms with van der Waals surface area (Å²) in [5.41, 5.74) is 4.01. The topological polar surface area (TPSA) is 121 Å². The van der Waals surface area contributed by atoms with E-state index in [0.717, 1.165) is 23.0 Å². The zero-order valence-corrected chi connectivity index (χ0v) is 25.5. The van der Waals surface area contributed by atoms with Crippen LogP contribution in [0.15, 0.2) is 59.0 Å². The molecule has 1 aliphatic heterocycles. The molecule has 0 unspecified atom stereocenters. The van der Waals surface area contributed by atoms with Gasteiger partial charge in [-0.3, -0.25) is 19.7 Å². The summed E-state index contributed by atoms with van der Waals surface area (Å²) in [6.07, 6.45) is 0.450. The average Bonchev–Trinajstić information content (AvgIpc) is 3.46. The second-order valence-electron chi connectivity index (χ2n) is 11.7. The first kappa shape index (κ1) is 29.1. The number of nitro groups is 1. The van der Waals surface area contributed by atoms with E-state index in [1.807, 2.05) is 38.1 Å². The Morgan fingerprint density at radius 3 is 2.50 bits per heavy atom. The highest BCUT2D eigenvalue weighted by molar-refractivity contribution is 6.76. The minimum Gasteiger partial charge on any atom is -0.452 e. The number of non-ortho nitro benzene ring substituents is 1. The van der Waals surface area contributed by atoms with Gasteiger partial charge in [0.2, 0.25) is 0 Å². The largest absolute Gasteiger partial charge is 0.452 e. The summed E-state index contributed by atoms with van der Waals surface area (Å²) in [5.74, 6) is 0.375. The predicted molar refractivity (Wildman–Crippen MR) is 162 cm³/mol.